The summed E-state index contributed by atoms with van der Waals surface area (Å²) in [5.74, 6) is -1.38. The minimum Gasteiger partial charge on any atom is -0.373 e. The predicted octanol–water partition coefficient (Wildman–Crippen LogP) is 1.01. The first-order valence-corrected chi connectivity index (χ1v) is 5.99. The molecule has 0 aliphatic heterocycles. The largest absolute Gasteiger partial charge is 0.373 e. The second-order valence-electron chi connectivity index (χ2n) is 4.54. The Kier molecular flexibility index (Phi) is 5.29. The molecule has 0 bridgehead atoms. The van der Waals surface area contributed by atoms with Gasteiger partial charge >= 0.3 is 0 Å². The smallest absolute Gasteiger partial charge is 0.240 e. The molecule has 2 amide bonds. The van der Waals surface area contributed by atoms with Crippen molar-refractivity contribution in [3.63, 3.8) is 0 Å². The number of benzene rings is 1. The van der Waals surface area contributed by atoms with Crippen LogP contribution in [0.5, 0.6) is 0 Å². The number of carbonyl (C=O) groups is 2. The highest BCUT2D eigenvalue weighted by molar-refractivity contribution is 5.89. The van der Waals surface area contributed by atoms with Gasteiger partial charge < -0.3 is 16.4 Å². The van der Waals surface area contributed by atoms with E-state index >= 15 is 0 Å². The maximum absolute atomic E-state index is 13.0. The number of rotatable bonds is 6. The summed E-state index contributed by atoms with van der Waals surface area (Å²) in [5, 5.41) is 5.41. The summed E-state index contributed by atoms with van der Waals surface area (Å²) in [7, 11) is 0. The van der Waals surface area contributed by atoms with Crippen LogP contribution < -0.4 is 16.4 Å². The molecule has 19 heavy (non-hydrogen) atoms. The van der Waals surface area contributed by atoms with E-state index in [9.17, 15) is 14.0 Å². The van der Waals surface area contributed by atoms with Crippen molar-refractivity contribution in [3.8, 4) is 0 Å². The molecule has 0 fully saturated rings. The number of halogens is 1. The molecule has 1 atom stereocenters. The highest BCUT2D eigenvalue weighted by Gasteiger charge is 2.19. The highest BCUT2D eigenvalue weighted by atomic mass is 19.1. The summed E-state index contributed by atoms with van der Waals surface area (Å²) >= 11 is 0. The van der Waals surface area contributed by atoms with E-state index in [4.69, 9.17) is 5.73 Å². The van der Waals surface area contributed by atoms with Crippen LogP contribution in [0, 0.1) is 5.82 Å². The number of primary amides is 1. The average Bonchev–Trinajstić information content (AvgIpc) is 2.26. The van der Waals surface area contributed by atoms with Crippen LogP contribution in [0.3, 0.4) is 0 Å². The maximum atomic E-state index is 13.0. The van der Waals surface area contributed by atoms with E-state index in [1.165, 1.54) is 18.2 Å². The molecule has 0 aliphatic rings. The number of carbonyl (C=O) groups excluding carboxylic acids is 2. The van der Waals surface area contributed by atoms with Gasteiger partial charge in [0, 0.05) is 11.7 Å². The molecule has 0 spiro atoms. The molecule has 0 aliphatic carbocycles. The van der Waals surface area contributed by atoms with Gasteiger partial charge in [0.25, 0.3) is 0 Å². The lowest BCUT2D eigenvalue weighted by atomic mass is 10.1. The van der Waals surface area contributed by atoms with Gasteiger partial charge in [0.1, 0.15) is 11.9 Å². The molecule has 6 heteroatoms. The zero-order chi connectivity index (χ0) is 14.4. The van der Waals surface area contributed by atoms with Gasteiger partial charge in [-0.05, 0) is 32.0 Å². The number of hydrogen-bond donors (Lipinski definition) is 3. The first-order chi connectivity index (χ1) is 8.88. The zero-order valence-corrected chi connectivity index (χ0v) is 10.9. The van der Waals surface area contributed by atoms with Gasteiger partial charge in [0.2, 0.25) is 11.8 Å². The van der Waals surface area contributed by atoms with Crippen molar-refractivity contribution in [1.82, 2.24) is 5.32 Å². The lowest BCUT2D eigenvalue weighted by Gasteiger charge is -2.17. The summed E-state index contributed by atoms with van der Waals surface area (Å²) in [6.07, 6.45) is -0.0932. The molecule has 1 aromatic carbocycles. The first kappa shape index (κ1) is 14.9. The zero-order valence-electron chi connectivity index (χ0n) is 10.9. The molecule has 0 radical (unpaired) electrons. The molecule has 1 aromatic rings. The summed E-state index contributed by atoms with van der Waals surface area (Å²) < 4.78 is 13.0. The van der Waals surface area contributed by atoms with Gasteiger partial charge in [-0.25, -0.2) is 4.39 Å². The van der Waals surface area contributed by atoms with Crippen LogP contribution in [0.15, 0.2) is 24.3 Å². The third-order valence-electron chi connectivity index (χ3n) is 2.35. The number of anilines is 1. The third kappa shape index (κ3) is 5.37. The monoisotopic (exact) mass is 267 g/mol. The van der Waals surface area contributed by atoms with E-state index in [2.05, 4.69) is 10.6 Å². The second-order valence-corrected chi connectivity index (χ2v) is 4.54. The van der Waals surface area contributed by atoms with Crippen LogP contribution in [0.25, 0.3) is 0 Å². The van der Waals surface area contributed by atoms with Gasteiger partial charge in [-0.3, -0.25) is 9.59 Å². The van der Waals surface area contributed by atoms with E-state index < -0.39 is 17.8 Å². The first-order valence-electron chi connectivity index (χ1n) is 5.99. The van der Waals surface area contributed by atoms with E-state index in [1.54, 1.807) is 6.07 Å². The molecule has 4 N–H and O–H groups in total. The molecule has 5 nitrogen and oxygen atoms in total. The van der Waals surface area contributed by atoms with Crippen LogP contribution in [0.2, 0.25) is 0 Å². The second kappa shape index (κ2) is 6.72. The van der Waals surface area contributed by atoms with Crippen molar-refractivity contribution in [2.75, 3.05) is 5.32 Å². The molecule has 104 valence electrons. The van der Waals surface area contributed by atoms with Crippen molar-refractivity contribution in [2.24, 2.45) is 5.73 Å². The Morgan fingerprint density at radius 1 is 1.37 bits per heavy atom. The molecular weight excluding hydrogens is 249 g/mol. The Balaban J connectivity index is 2.68. The van der Waals surface area contributed by atoms with Crippen molar-refractivity contribution in [1.29, 1.82) is 0 Å². The molecule has 1 rings (SSSR count). The molecule has 0 saturated heterocycles. The van der Waals surface area contributed by atoms with Crippen molar-refractivity contribution in [3.05, 3.63) is 30.1 Å². The number of hydrogen-bond acceptors (Lipinski definition) is 3. The van der Waals surface area contributed by atoms with Gasteiger partial charge in [-0.1, -0.05) is 6.07 Å². The average molecular weight is 267 g/mol. The van der Waals surface area contributed by atoms with Gasteiger partial charge in [-0.15, -0.1) is 0 Å². The normalized spacial score (nSPS) is 12.0. The van der Waals surface area contributed by atoms with E-state index in [1.807, 2.05) is 13.8 Å². The lowest BCUT2D eigenvalue weighted by Crippen LogP contribution is -2.41. The molecular formula is C13H18FN3O2. The van der Waals surface area contributed by atoms with Gasteiger partial charge in [0.15, 0.2) is 0 Å². The van der Waals surface area contributed by atoms with Crippen molar-refractivity contribution in [2.45, 2.75) is 32.4 Å². The Morgan fingerprint density at radius 3 is 2.58 bits per heavy atom. The summed E-state index contributed by atoms with van der Waals surface area (Å²) in [4.78, 5) is 22.9. The fraction of sp³-hybridized carbons (Fsp3) is 0.385. The Bertz CT molecular complexity index is 463. The molecule has 0 saturated carbocycles. The Labute approximate surface area is 111 Å². The van der Waals surface area contributed by atoms with Crippen LogP contribution >= 0.6 is 0 Å². The number of nitrogens with one attached hydrogen (secondary N) is 2. The highest BCUT2D eigenvalue weighted by Crippen LogP contribution is 2.11. The fourth-order valence-electron chi connectivity index (χ4n) is 1.57. The van der Waals surface area contributed by atoms with Crippen LogP contribution in [-0.4, -0.2) is 23.9 Å². The third-order valence-corrected chi connectivity index (χ3v) is 2.35. The molecule has 1 unspecified atom stereocenters. The van der Waals surface area contributed by atoms with E-state index in [0.29, 0.717) is 5.69 Å². The van der Waals surface area contributed by atoms with Crippen LogP contribution in [0.4, 0.5) is 10.1 Å². The maximum Gasteiger partial charge on any atom is 0.240 e. The summed E-state index contributed by atoms with van der Waals surface area (Å²) in [5.41, 5.74) is 5.63. The SMILES string of the molecule is CC(C)NC(=O)CC(Nc1cccc(F)c1)C(N)=O. The van der Waals surface area contributed by atoms with Crippen molar-refractivity contribution >= 4 is 17.5 Å². The topological polar surface area (TPSA) is 84.2 Å². The van der Waals surface area contributed by atoms with E-state index in [-0.39, 0.29) is 18.4 Å². The summed E-state index contributed by atoms with van der Waals surface area (Å²) in [6.45, 7) is 3.63. The standard InChI is InChI=1S/C13H18FN3O2/c1-8(2)16-12(18)7-11(13(15)19)17-10-5-3-4-9(14)6-10/h3-6,8,11,17H,7H2,1-2H3,(H2,15,19)(H,16,18). The minimum atomic E-state index is -0.874. The van der Waals surface area contributed by atoms with Crippen LogP contribution in [0.1, 0.15) is 20.3 Å². The predicted molar refractivity (Wildman–Crippen MR) is 70.9 cm³/mol. The van der Waals surface area contributed by atoms with Gasteiger partial charge in [-0.2, -0.15) is 0 Å². The minimum absolute atomic E-state index is 0.0183. The Morgan fingerprint density at radius 2 is 2.05 bits per heavy atom. The fourth-order valence-corrected chi connectivity index (χ4v) is 1.57. The molecule has 0 heterocycles. The van der Waals surface area contributed by atoms with E-state index in [0.717, 1.165) is 0 Å². The Hall–Kier alpha value is -2.11. The molecule has 0 aromatic heterocycles. The lowest BCUT2D eigenvalue weighted by molar-refractivity contribution is -0.125. The van der Waals surface area contributed by atoms with Gasteiger partial charge in [0.05, 0.1) is 6.42 Å². The number of nitrogens with two attached hydrogens (primary N) is 1. The number of amides is 2. The van der Waals surface area contributed by atoms with Crippen molar-refractivity contribution < 1.29 is 14.0 Å². The quantitative estimate of drug-likeness (QED) is 0.719. The summed E-state index contributed by atoms with van der Waals surface area (Å²) in [6, 6.07) is 4.73. The van der Waals surface area contributed by atoms with Crippen LogP contribution in [-0.2, 0) is 9.59 Å².